The van der Waals surface area contributed by atoms with Crippen molar-refractivity contribution in [1.82, 2.24) is 10.2 Å². The number of benzene rings is 1. The molecule has 0 aliphatic carbocycles. The lowest BCUT2D eigenvalue weighted by Gasteiger charge is -2.30. The first-order valence-corrected chi connectivity index (χ1v) is 7.13. The van der Waals surface area contributed by atoms with Crippen LogP contribution in [0.2, 0.25) is 5.02 Å². The Hall–Kier alpha value is -1.26. The monoisotopic (exact) mass is 298 g/mol. The van der Waals surface area contributed by atoms with E-state index in [4.69, 9.17) is 16.3 Å². The van der Waals surface area contributed by atoms with Gasteiger partial charge in [0.1, 0.15) is 12.4 Å². The molecule has 0 aliphatic rings. The van der Waals surface area contributed by atoms with Crippen LogP contribution >= 0.6 is 11.6 Å². The van der Waals surface area contributed by atoms with Crippen LogP contribution in [0.4, 0.5) is 0 Å². The molecule has 1 aromatic rings. The van der Waals surface area contributed by atoms with Gasteiger partial charge in [0, 0.05) is 12.1 Å². The van der Waals surface area contributed by atoms with Crippen molar-refractivity contribution in [2.75, 3.05) is 26.7 Å². The van der Waals surface area contributed by atoms with Gasteiger partial charge in [-0.15, -0.1) is 0 Å². The van der Waals surface area contributed by atoms with Crippen LogP contribution in [-0.2, 0) is 4.79 Å². The predicted molar refractivity (Wildman–Crippen MR) is 82.3 cm³/mol. The molecule has 1 amide bonds. The minimum Gasteiger partial charge on any atom is -0.492 e. The van der Waals surface area contributed by atoms with Gasteiger partial charge in [-0.25, -0.2) is 0 Å². The molecule has 0 unspecified atom stereocenters. The quantitative estimate of drug-likeness (QED) is 0.841. The summed E-state index contributed by atoms with van der Waals surface area (Å²) in [5.41, 5.74) is -0.556. The fourth-order valence-corrected chi connectivity index (χ4v) is 2.13. The number of carbonyl (C=O) groups is 1. The molecule has 1 aromatic carbocycles. The van der Waals surface area contributed by atoms with Gasteiger partial charge in [0.25, 0.3) is 0 Å². The van der Waals surface area contributed by atoms with Crippen molar-refractivity contribution in [2.45, 2.75) is 26.3 Å². The Morgan fingerprint density at radius 1 is 1.45 bits per heavy atom. The van der Waals surface area contributed by atoms with Gasteiger partial charge in [-0.3, -0.25) is 4.79 Å². The minimum atomic E-state index is -0.556. The second-order valence-electron chi connectivity index (χ2n) is 5.19. The minimum absolute atomic E-state index is 0.0500. The molecular formula is C15H23ClN2O2. The maximum Gasteiger partial charge on any atom is 0.242 e. The number of hydrogen-bond donors (Lipinski definition) is 1. The summed E-state index contributed by atoms with van der Waals surface area (Å²) >= 11 is 5.88. The lowest BCUT2D eigenvalue weighted by Crippen LogP contribution is -2.53. The molecule has 0 heterocycles. The highest BCUT2D eigenvalue weighted by Crippen LogP contribution is 2.17. The van der Waals surface area contributed by atoms with E-state index in [0.717, 1.165) is 6.54 Å². The second kappa shape index (κ2) is 7.50. The SMILES string of the molecule is CCNC(C)(C)C(=O)N(C)CCOc1cccc(Cl)c1. The van der Waals surface area contributed by atoms with Crippen LogP contribution in [0.5, 0.6) is 5.75 Å². The summed E-state index contributed by atoms with van der Waals surface area (Å²) in [5, 5.41) is 3.81. The van der Waals surface area contributed by atoms with Crippen molar-refractivity contribution in [2.24, 2.45) is 0 Å². The highest BCUT2D eigenvalue weighted by atomic mass is 35.5. The Morgan fingerprint density at radius 2 is 2.15 bits per heavy atom. The summed E-state index contributed by atoms with van der Waals surface area (Å²) in [6.07, 6.45) is 0. The van der Waals surface area contributed by atoms with E-state index in [9.17, 15) is 4.79 Å². The lowest BCUT2D eigenvalue weighted by molar-refractivity contribution is -0.136. The molecule has 0 bridgehead atoms. The van der Waals surface area contributed by atoms with Crippen molar-refractivity contribution in [3.8, 4) is 5.75 Å². The molecule has 4 nitrogen and oxygen atoms in total. The van der Waals surface area contributed by atoms with E-state index in [1.165, 1.54) is 0 Å². The summed E-state index contributed by atoms with van der Waals surface area (Å²) < 4.78 is 5.58. The Bertz CT molecular complexity index is 449. The van der Waals surface area contributed by atoms with Gasteiger partial charge < -0.3 is 15.0 Å². The number of rotatable bonds is 7. The number of halogens is 1. The molecular weight excluding hydrogens is 276 g/mol. The van der Waals surface area contributed by atoms with E-state index in [1.54, 1.807) is 24.1 Å². The first kappa shape index (κ1) is 16.8. The standard InChI is InChI=1S/C15H23ClN2O2/c1-5-17-15(2,3)14(19)18(4)9-10-20-13-8-6-7-12(16)11-13/h6-8,11,17H,5,9-10H2,1-4H3. The van der Waals surface area contributed by atoms with Crippen molar-refractivity contribution in [1.29, 1.82) is 0 Å². The maximum atomic E-state index is 12.2. The van der Waals surface area contributed by atoms with E-state index < -0.39 is 5.54 Å². The number of nitrogens with zero attached hydrogens (tertiary/aromatic N) is 1. The number of hydrogen-bond acceptors (Lipinski definition) is 3. The van der Waals surface area contributed by atoms with E-state index in [-0.39, 0.29) is 5.91 Å². The number of amides is 1. The zero-order valence-electron chi connectivity index (χ0n) is 12.6. The largest absolute Gasteiger partial charge is 0.492 e. The molecule has 112 valence electrons. The predicted octanol–water partition coefficient (Wildman–Crippen LogP) is 2.57. The van der Waals surface area contributed by atoms with Crippen LogP contribution in [-0.4, -0.2) is 43.1 Å². The van der Waals surface area contributed by atoms with Crippen LogP contribution in [0.15, 0.2) is 24.3 Å². The number of carbonyl (C=O) groups excluding carboxylic acids is 1. The van der Waals surface area contributed by atoms with Crippen LogP contribution < -0.4 is 10.1 Å². The van der Waals surface area contributed by atoms with E-state index in [2.05, 4.69) is 5.32 Å². The number of nitrogens with one attached hydrogen (secondary N) is 1. The van der Waals surface area contributed by atoms with Crippen molar-refractivity contribution in [3.63, 3.8) is 0 Å². The Balaban J connectivity index is 2.43. The first-order chi connectivity index (χ1) is 9.36. The maximum absolute atomic E-state index is 12.2. The van der Waals surface area contributed by atoms with Crippen LogP contribution in [0.1, 0.15) is 20.8 Å². The van der Waals surface area contributed by atoms with Gasteiger partial charge in [0.05, 0.1) is 12.1 Å². The van der Waals surface area contributed by atoms with Crippen LogP contribution in [0, 0.1) is 0 Å². The molecule has 1 N–H and O–H groups in total. The Labute approximate surface area is 126 Å². The average Bonchev–Trinajstić information content (AvgIpc) is 2.37. The first-order valence-electron chi connectivity index (χ1n) is 6.75. The van der Waals surface area contributed by atoms with E-state index in [0.29, 0.717) is 23.9 Å². The summed E-state index contributed by atoms with van der Waals surface area (Å²) in [5.74, 6) is 0.762. The molecule has 0 aromatic heterocycles. The third kappa shape index (κ3) is 5.02. The summed E-state index contributed by atoms with van der Waals surface area (Å²) in [4.78, 5) is 13.9. The number of likely N-dealkylation sites (N-methyl/N-ethyl adjacent to an activating group) is 2. The molecule has 0 saturated carbocycles. The summed E-state index contributed by atoms with van der Waals surface area (Å²) in [6.45, 7) is 7.47. The van der Waals surface area contributed by atoms with Gasteiger partial charge in [-0.05, 0) is 38.6 Å². The van der Waals surface area contributed by atoms with E-state index >= 15 is 0 Å². The lowest BCUT2D eigenvalue weighted by atomic mass is 10.0. The van der Waals surface area contributed by atoms with Gasteiger partial charge in [-0.2, -0.15) is 0 Å². The van der Waals surface area contributed by atoms with Crippen molar-refractivity contribution >= 4 is 17.5 Å². The summed E-state index contributed by atoms with van der Waals surface area (Å²) in [6, 6.07) is 7.23. The second-order valence-corrected chi connectivity index (χ2v) is 5.62. The highest BCUT2D eigenvalue weighted by Gasteiger charge is 2.28. The van der Waals surface area contributed by atoms with E-state index in [1.807, 2.05) is 32.9 Å². The molecule has 0 radical (unpaired) electrons. The Morgan fingerprint density at radius 3 is 2.75 bits per heavy atom. The molecule has 0 spiro atoms. The molecule has 20 heavy (non-hydrogen) atoms. The fourth-order valence-electron chi connectivity index (χ4n) is 1.95. The van der Waals surface area contributed by atoms with Gasteiger partial charge in [0.2, 0.25) is 5.91 Å². The smallest absolute Gasteiger partial charge is 0.242 e. The molecule has 0 aliphatic heterocycles. The molecule has 5 heteroatoms. The third-order valence-electron chi connectivity index (χ3n) is 2.99. The Kier molecular flexibility index (Phi) is 6.30. The normalized spacial score (nSPS) is 11.2. The highest BCUT2D eigenvalue weighted by molar-refractivity contribution is 6.30. The van der Waals surface area contributed by atoms with Gasteiger partial charge >= 0.3 is 0 Å². The van der Waals surface area contributed by atoms with Crippen LogP contribution in [0.25, 0.3) is 0 Å². The molecule has 0 atom stereocenters. The summed E-state index contributed by atoms with van der Waals surface area (Å²) in [7, 11) is 1.78. The zero-order valence-corrected chi connectivity index (χ0v) is 13.3. The van der Waals surface area contributed by atoms with Gasteiger partial charge in [-0.1, -0.05) is 24.6 Å². The zero-order chi connectivity index (χ0) is 15.2. The van der Waals surface area contributed by atoms with Crippen molar-refractivity contribution < 1.29 is 9.53 Å². The van der Waals surface area contributed by atoms with Gasteiger partial charge in [0.15, 0.2) is 0 Å². The molecule has 0 saturated heterocycles. The average molecular weight is 299 g/mol. The number of ether oxygens (including phenoxy) is 1. The van der Waals surface area contributed by atoms with Crippen molar-refractivity contribution in [3.05, 3.63) is 29.3 Å². The fraction of sp³-hybridized carbons (Fsp3) is 0.533. The molecule has 1 rings (SSSR count). The topological polar surface area (TPSA) is 41.6 Å². The van der Waals surface area contributed by atoms with Crippen LogP contribution in [0.3, 0.4) is 0 Å². The molecule has 0 fully saturated rings. The third-order valence-corrected chi connectivity index (χ3v) is 3.23.